The molecule has 4 heteroatoms. The molecule has 1 amide bonds. The first kappa shape index (κ1) is 11.5. The largest absolute Gasteiger partial charge is 0.436 e. The summed E-state index contributed by atoms with van der Waals surface area (Å²) in [5, 5.41) is 0. The molecule has 2 N–H and O–H groups in total. The molecular formula is C15H12N2O2. The number of amides is 1. The van der Waals surface area contributed by atoms with E-state index in [1.807, 2.05) is 31.2 Å². The molecule has 0 saturated heterocycles. The Morgan fingerprint density at radius 2 is 2.05 bits per heavy atom. The van der Waals surface area contributed by atoms with Crippen molar-refractivity contribution in [2.24, 2.45) is 5.73 Å². The molecule has 0 spiro atoms. The number of fused-ring (bicyclic) bond motifs is 1. The van der Waals surface area contributed by atoms with Crippen LogP contribution < -0.4 is 5.73 Å². The van der Waals surface area contributed by atoms with E-state index in [1.165, 1.54) is 0 Å². The predicted molar refractivity (Wildman–Crippen MR) is 72.7 cm³/mol. The monoisotopic (exact) mass is 252 g/mol. The molecular weight excluding hydrogens is 240 g/mol. The molecule has 0 aliphatic carbocycles. The van der Waals surface area contributed by atoms with Gasteiger partial charge in [0, 0.05) is 11.1 Å². The Balaban J connectivity index is 2.13. The number of nitrogens with zero attached hydrogens (tertiary/aromatic N) is 1. The molecule has 1 aromatic heterocycles. The van der Waals surface area contributed by atoms with Crippen molar-refractivity contribution in [1.29, 1.82) is 0 Å². The number of rotatable bonds is 2. The fraction of sp³-hybridized carbons (Fsp3) is 0.0667. The van der Waals surface area contributed by atoms with Crippen LogP contribution in [0.4, 0.5) is 0 Å². The first-order valence-corrected chi connectivity index (χ1v) is 5.91. The van der Waals surface area contributed by atoms with Crippen LogP contribution in [0.2, 0.25) is 0 Å². The van der Waals surface area contributed by atoms with E-state index in [0.29, 0.717) is 11.5 Å². The third kappa shape index (κ3) is 2.08. The van der Waals surface area contributed by atoms with Gasteiger partial charge in [0.15, 0.2) is 5.58 Å². The van der Waals surface area contributed by atoms with Crippen molar-refractivity contribution in [3.8, 4) is 11.5 Å². The van der Waals surface area contributed by atoms with Gasteiger partial charge in [-0.1, -0.05) is 12.1 Å². The van der Waals surface area contributed by atoms with E-state index >= 15 is 0 Å². The summed E-state index contributed by atoms with van der Waals surface area (Å²) in [5.74, 6) is 0.0255. The molecule has 1 heterocycles. The lowest BCUT2D eigenvalue weighted by Gasteiger charge is -1.98. The Bertz CT molecular complexity index is 775. The fourth-order valence-electron chi connectivity index (χ4n) is 1.96. The first-order valence-electron chi connectivity index (χ1n) is 5.91. The molecule has 0 atom stereocenters. The Kier molecular flexibility index (Phi) is 2.56. The van der Waals surface area contributed by atoms with Gasteiger partial charge >= 0.3 is 0 Å². The van der Waals surface area contributed by atoms with E-state index < -0.39 is 5.91 Å². The number of primary amides is 1. The van der Waals surface area contributed by atoms with Crippen molar-refractivity contribution in [2.75, 3.05) is 0 Å². The van der Waals surface area contributed by atoms with Gasteiger partial charge in [-0.3, -0.25) is 4.79 Å². The number of oxazole rings is 1. The molecule has 3 aromatic rings. The zero-order valence-corrected chi connectivity index (χ0v) is 10.4. The standard InChI is InChI=1S/C15H12N2O2/c1-9-5-6-12-13(7-9)19-15(17-12)11-4-2-3-10(8-11)14(16)18/h2-8H,1H3,(H2,16,18). The first-order chi connectivity index (χ1) is 9.13. The second kappa shape index (κ2) is 4.24. The average Bonchev–Trinajstić information content (AvgIpc) is 2.81. The average molecular weight is 252 g/mol. The van der Waals surface area contributed by atoms with Crippen molar-refractivity contribution < 1.29 is 9.21 Å². The Hall–Kier alpha value is -2.62. The molecule has 4 nitrogen and oxygen atoms in total. The second-order valence-corrected chi connectivity index (χ2v) is 4.44. The normalized spacial score (nSPS) is 10.8. The van der Waals surface area contributed by atoms with Crippen LogP contribution >= 0.6 is 0 Å². The third-order valence-electron chi connectivity index (χ3n) is 2.94. The van der Waals surface area contributed by atoms with Crippen LogP contribution in [0.5, 0.6) is 0 Å². The summed E-state index contributed by atoms with van der Waals surface area (Å²) < 4.78 is 5.71. The third-order valence-corrected chi connectivity index (χ3v) is 2.94. The minimum atomic E-state index is -0.464. The van der Waals surface area contributed by atoms with Gasteiger partial charge in [-0.05, 0) is 42.8 Å². The summed E-state index contributed by atoms with van der Waals surface area (Å²) in [6.45, 7) is 2.00. The summed E-state index contributed by atoms with van der Waals surface area (Å²) in [6, 6.07) is 12.8. The van der Waals surface area contributed by atoms with E-state index in [2.05, 4.69) is 4.98 Å². The zero-order chi connectivity index (χ0) is 13.4. The number of hydrogen-bond acceptors (Lipinski definition) is 3. The van der Waals surface area contributed by atoms with Gasteiger partial charge in [0.1, 0.15) is 5.52 Å². The van der Waals surface area contributed by atoms with Crippen LogP contribution in [-0.4, -0.2) is 10.9 Å². The van der Waals surface area contributed by atoms with Crippen LogP contribution in [0.15, 0.2) is 46.9 Å². The van der Waals surface area contributed by atoms with Gasteiger partial charge in [0.05, 0.1) is 0 Å². The molecule has 19 heavy (non-hydrogen) atoms. The molecule has 0 bridgehead atoms. The van der Waals surface area contributed by atoms with Crippen molar-refractivity contribution in [3.63, 3.8) is 0 Å². The molecule has 0 unspecified atom stereocenters. The summed E-state index contributed by atoms with van der Waals surface area (Å²) in [6.07, 6.45) is 0. The minimum absolute atomic E-state index is 0.441. The number of hydrogen-bond donors (Lipinski definition) is 1. The van der Waals surface area contributed by atoms with Crippen LogP contribution in [0.1, 0.15) is 15.9 Å². The highest BCUT2D eigenvalue weighted by Crippen LogP contribution is 2.25. The van der Waals surface area contributed by atoms with Gasteiger partial charge < -0.3 is 10.2 Å². The lowest BCUT2D eigenvalue weighted by Crippen LogP contribution is -2.10. The van der Waals surface area contributed by atoms with Crippen molar-refractivity contribution >= 4 is 17.0 Å². The van der Waals surface area contributed by atoms with E-state index in [1.54, 1.807) is 18.2 Å². The topological polar surface area (TPSA) is 69.1 Å². The van der Waals surface area contributed by atoms with Gasteiger partial charge in [-0.15, -0.1) is 0 Å². The minimum Gasteiger partial charge on any atom is -0.436 e. The molecule has 94 valence electrons. The van der Waals surface area contributed by atoms with Crippen LogP contribution in [0.25, 0.3) is 22.6 Å². The predicted octanol–water partition coefficient (Wildman–Crippen LogP) is 2.90. The van der Waals surface area contributed by atoms with Crippen molar-refractivity contribution in [3.05, 3.63) is 53.6 Å². The van der Waals surface area contributed by atoms with E-state index in [4.69, 9.17) is 10.2 Å². The lowest BCUT2D eigenvalue weighted by molar-refractivity contribution is 0.100. The summed E-state index contributed by atoms with van der Waals surface area (Å²) in [7, 11) is 0. The number of aromatic nitrogens is 1. The maximum absolute atomic E-state index is 11.2. The Morgan fingerprint density at radius 3 is 2.84 bits per heavy atom. The second-order valence-electron chi connectivity index (χ2n) is 4.44. The van der Waals surface area contributed by atoms with Gasteiger partial charge in [0.25, 0.3) is 0 Å². The summed E-state index contributed by atoms with van der Waals surface area (Å²) >= 11 is 0. The van der Waals surface area contributed by atoms with Crippen LogP contribution in [0.3, 0.4) is 0 Å². The molecule has 2 aromatic carbocycles. The Morgan fingerprint density at radius 1 is 1.21 bits per heavy atom. The molecule has 0 aliphatic heterocycles. The highest BCUT2D eigenvalue weighted by Gasteiger charge is 2.10. The van der Waals surface area contributed by atoms with Crippen LogP contribution in [-0.2, 0) is 0 Å². The van der Waals surface area contributed by atoms with E-state index in [0.717, 1.165) is 22.2 Å². The zero-order valence-electron chi connectivity index (χ0n) is 10.4. The van der Waals surface area contributed by atoms with Crippen molar-refractivity contribution in [1.82, 2.24) is 4.98 Å². The van der Waals surface area contributed by atoms with E-state index in [-0.39, 0.29) is 0 Å². The fourth-order valence-corrected chi connectivity index (χ4v) is 1.96. The number of carbonyl (C=O) groups excluding carboxylic acids is 1. The molecule has 0 saturated carbocycles. The van der Waals surface area contributed by atoms with Gasteiger partial charge in [-0.2, -0.15) is 0 Å². The number of nitrogens with two attached hydrogens (primary N) is 1. The van der Waals surface area contributed by atoms with E-state index in [9.17, 15) is 4.79 Å². The highest BCUT2D eigenvalue weighted by molar-refractivity contribution is 5.94. The summed E-state index contributed by atoms with van der Waals surface area (Å²) in [4.78, 5) is 15.6. The molecule has 3 rings (SSSR count). The SMILES string of the molecule is Cc1ccc2nc(-c3cccc(C(N)=O)c3)oc2c1. The highest BCUT2D eigenvalue weighted by atomic mass is 16.3. The molecule has 0 fully saturated rings. The summed E-state index contributed by atoms with van der Waals surface area (Å²) in [5.41, 5.74) is 9.09. The Labute approximate surface area is 109 Å². The van der Waals surface area contributed by atoms with Crippen molar-refractivity contribution in [2.45, 2.75) is 6.92 Å². The van der Waals surface area contributed by atoms with Crippen LogP contribution in [0, 0.1) is 6.92 Å². The maximum Gasteiger partial charge on any atom is 0.248 e. The smallest absolute Gasteiger partial charge is 0.248 e. The van der Waals surface area contributed by atoms with Gasteiger partial charge in [0.2, 0.25) is 11.8 Å². The number of carbonyl (C=O) groups is 1. The molecule has 0 aliphatic rings. The quantitative estimate of drug-likeness (QED) is 0.762. The molecule has 0 radical (unpaired) electrons. The number of benzene rings is 2. The number of aryl methyl sites for hydroxylation is 1. The maximum atomic E-state index is 11.2. The van der Waals surface area contributed by atoms with Gasteiger partial charge in [-0.25, -0.2) is 4.98 Å². The lowest BCUT2D eigenvalue weighted by atomic mass is 10.1.